The van der Waals surface area contributed by atoms with Gasteiger partial charge in [0.15, 0.2) is 0 Å². The van der Waals surface area contributed by atoms with E-state index in [0.29, 0.717) is 37.2 Å². The second kappa shape index (κ2) is 10.3. The molecule has 3 aromatic rings. The Hall–Kier alpha value is -2.02. The molecule has 0 fully saturated rings. The van der Waals surface area contributed by atoms with Crippen LogP contribution in [0, 0.1) is 11.8 Å². The molecule has 2 N–H and O–H groups in total. The predicted molar refractivity (Wildman–Crippen MR) is 132 cm³/mol. The molecule has 2 heterocycles. The van der Waals surface area contributed by atoms with E-state index in [0.717, 1.165) is 48.0 Å². The molecule has 6 heteroatoms. The van der Waals surface area contributed by atoms with Crippen LogP contribution in [-0.2, 0) is 25.8 Å². The monoisotopic (exact) mass is 453 g/mol. The number of benzene rings is 1. The number of nitrogens with zero attached hydrogens (tertiary/aromatic N) is 2. The average molecular weight is 454 g/mol. The van der Waals surface area contributed by atoms with Gasteiger partial charge in [0.1, 0.15) is 10.7 Å². The van der Waals surface area contributed by atoms with Crippen molar-refractivity contribution >= 4 is 21.6 Å². The standard InChI is InChI=1S/C26H35N3O2S/c1-17(2)11-12-29(15-20(30)14-19-7-5-4-6-8-19)16-23-27-25(31)24-21-10-9-18(3)13-22(21)32-26(24)28-23/h4-8,17-18,20,30H,9-16H2,1-3H3,(H,27,28,31)/t18-,20+/m0/s1. The van der Waals surface area contributed by atoms with E-state index in [1.807, 2.05) is 30.3 Å². The van der Waals surface area contributed by atoms with Crippen molar-refractivity contribution in [1.29, 1.82) is 0 Å². The van der Waals surface area contributed by atoms with E-state index in [2.05, 4.69) is 30.7 Å². The smallest absolute Gasteiger partial charge is 0.259 e. The topological polar surface area (TPSA) is 69.2 Å². The molecule has 2 atom stereocenters. The third-order valence-electron chi connectivity index (χ3n) is 6.39. The Kier molecular flexibility index (Phi) is 7.44. The SMILES string of the molecule is CC(C)CCN(Cc1nc2sc3c(c2c(=O)[nH]1)CC[C@H](C)C3)C[C@H](O)Cc1ccccc1. The Bertz CT molecular complexity index is 1090. The van der Waals surface area contributed by atoms with E-state index in [1.54, 1.807) is 11.3 Å². The van der Waals surface area contributed by atoms with Gasteiger partial charge in [-0.3, -0.25) is 9.69 Å². The third kappa shape index (κ3) is 5.66. The van der Waals surface area contributed by atoms with Crippen molar-refractivity contribution in [2.24, 2.45) is 11.8 Å². The Morgan fingerprint density at radius 2 is 2.06 bits per heavy atom. The minimum atomic E-state index is -0.462. The first-order chi connectivity index (χ1) is 15.4. The summed E-state index contributed by atoms with van der Waals surface area (Å²) in [4.78, 5) is 25.3. The largest absolute Gasteiger partial charge is 0.391 e. The molecule has 1 aliphatic rings. The van der Waals surface area contributed by atoms with Crippen LogP contribution in [0.4, 0.5) is 0 Å². The molecule has 5 nitrogen and oxygen atoms in total. The molecule has 0 aliphatic heterocycles. The van der Waals surface area contributed by atoms with Gasteiger partial charge in [0, 0.05) is 11.4 Å². The van der Waals surface area contributed by atoms with Crippen LogP contribution in [0.1, 0.15) is 55.4 Å². The molecular weight excluding hydrogens is 418 g/mol. The predicted octanol–water partition coefficient (Wildman–Crippen LogP) is 4.56. The number of aryl methyl sites for hydroxylation is 1. The fourth-order valence-electron chi connectivity index (χ4n) is 4.60. The first-order valence-electron chi connectivity index (χ1n) is 11.9. The number of H-pyrrole nitrogens is 1. The highest BCUT2D eigenvalue weighted by atomic mass is 32.1. The molecule has 0 unspecified atom stereocenters. The van der Waals surface area contributed by atoms with E-state index in [1.165, 1.54) is 10.4 Å². The number of aromatic amines is 1. The number of hydrogen-bond donors (Lipinski definition) is 2. The number of aliphatic hydroxyl groups is 1. The fourth-order valence-corrected chi connectivity index (χ4v) is 6.01. The molecule has 0 saturated carbocycles. The summed E-state index contributed by atoms with van der Waals surface area (Å²) in [6.45, 7) is 8.67. The summed E-state index contributed by atoms with van der Waals surface area (Å²) in [5.41, 5.74) is 2.35. The minimum Gasteiger partial charge on any atom is -0.391 e. The van der Waals surface area contributed by atoms with Crippen LogP contribution >= 0.6 is 11.3 Å². The van der Waals surface area contributed by atoms with Crippen molar-refractivity contribution < 1.29 is 5.11 Å². The summed E-state index contributed by atoms with van der Waals surface area (Å²) in [6.07, 6.45) is 4.37. The second-order valence-corrected chi connectivity index (χ2v) is 10.9. The van der Waals surface area contributed by atoms with Crippen molar-refractivity contribution in [2.75, 3.05) is 13.1 Å². The summed E-state index contributed by atoms with van der Waals surface area (Å²) >= 11 is 1.69. The second-order valence-electron chi connectivity index (χ2n) is 9.81. The molecule has 0 saturated heterocycles. The maximum atomic E-state index is 13.0. The molecule has 4 rings (SSSR count). The zero-order valence-electron chi connectivity index (χ0n) is 19.4. The number of thiophene rings is 1. The lowest BCUT2D eigenvalue weighted by molar-refractivity contribution is 0.104. The Balaban J connectivity index is 1.52. The quantitative estimate of drug-likeness (QED) is 0.498. The molecule has 0 bridgehead atoms. The van der Waals surface area contributed by atoms with Gasteiger partial charge in [-0.2, -0.15) is 0 Å². The maximum Gasteiger partial charge on any atom is 0.259 e. The molecular formula is C26H35N3O2S. The van der Waals surface area contributed by atoms with Gasteiger partial charge in [0.2, 0.25) is 0 Å². The number of aromatic nitrogens is 2. The zero-order chi connectivity index (χ0) is 22.7. The lowest BCUT2D eigenvalue weighted by atomic mass is 9.89. The Morgan fingerprint density at radius 3 is 2.81 bits per heavy atom. The van der Waals surface area contributed by atoms with Crippen LogP contribution in [-0.4, -0.2) is 39.2 Å². The lowest BCUT2D eigenvalue weighted by Crippen LogP contribution is -2.35. The maximum absolute atomic E-state index is 13.0. The van der Waals surface area contributed by atoms with Gasteiger partial charge >= 0.3 is 0 Å². The molecule has 32 heavy (non-hydrogen) atoms. The van der Waals surface area contributed by atoms with Crippen molar-refractivity contribution in [2.45, 2.75) is 65.5 Å². The summed E-state index contributed by atoms with van der Waals surface area (Å²) in [5, 5.41) is 11.6. The number of hydrogen-bond acceptors (Lipinski definition) is 5. The lowest BCUT2D eigenvalue weighted by Gasteiger charge is -2.25. The highest BCUT2D eigenvalue weighted by molar-refractivity contribution is 7.18. The van der Waals surface area contributed by atoms with Crippen LogP contribution in [0.15, 0.2) is 35.1 Å². The van der Waals surface area contributed by atoms with Gasteiger partial charge in [-0.05, 0) is 61.6 Å². The molecule has 1 aromatic carbocycles. The normalized spacial score (nSPS) is 17.2. The Labute approximate surface area is 194 Å². The first-order valence-corrected chi connectivity index (χ1v) is 12.7. The molecule has 2 aromatic heterocycles. The summed E-state index contributed by atoms with van der Waals surface area (Å²) in [6, 6.07) is 10.1. The average Bonchev–Trinajstić information content (AvgIpc) is 3.10. The number of fused-ring (bicyclic) bond motifs is 3. The number of nitrogens with one attached hydrogen (secondary N) is 1. The first kappa shape index (κ1) is 23.1. The fraction of sp³-hybridized carbons (Fsp3) is 0.538. The van der Waals surface area contributed by atoms with Gasteiger partial charge in [-0.1, -0.05) is 51.1 Å². The molecule has 1 aliphatic carbocycles. The molecule has 172 valence electrons. The van der Waals surface area contributed by atoms with Crippen molar-refractivity contribution in [1.82, 2.24) is 14.9 Å². The zero-order valence-corrected chi connectivity index (χ0v) is 20.3. The Morgan fingerprint density at radius 1 is 1.28 bits per heavy atom. The van der Waals surface area contributed by atoms with Gasteiger partial charge in [0.25, 0.3) is 5.56 Å². The van der Waals surface area contributed by atoms with Crippen LogP contribution in [0.3, 0.4) is 0 Å². The van der Waals surface area contributed by atoms with Crippen LogP contribution in [0.25, 0.3) is 10.2 Å². The molecule has 0 spiro atoms. The number of aliphatic hydroxyl groups excluding tert-OH is 1. The summed E-state index contributed by atoms with van der Waals surface area (Å²) in [7, 11) is 0. The van der Waals surface area contributed by atoms with Crippen molar-refractivity contribution in [3.05, 3.63) is 62.5 Å². The van der Waals surface area contributed by atoms with E-state index in [4.69, 9.17) is 4.98 Å². The van der Waals surface area contributed by atoms with E-state index >= 15 is 0 Å². The molecule has 0 radical (unpaired) electrons. The molecule has 0 amide bonds. The van der Waals surface area contributed by atoms with Crippen LogP contribution in [0.5, 0.6) is 0 Å². The third-order valence-corrected chi connectivity index (χ3v) is 7.54. The summed E-state index contributed by atoms with van der Waals surface area (Å²) < 4.78 is 0. The summed E-state index contributed by atoms with van der Waals surface area (Å²) in [5.74, 6) is 1.95. The van der Waals surface area contributed by atoms with Gasteiger partial charge in [-0.15, -0.1) is 11.3 Å². The van der Waals surface area contributed by atoms with Gasteiger partial charge in [0.05, 0.1) is 18.0 Å². The minimum absolute atomic E-state index is 0.00861. The highest BCUT2D eigenvalue weighted by Crippen LogP contribution is 2.35. The van der Waals surface area contributed by atoms with E-state index in [9.17, 15) is 9.90 Å². The van der Waals surface area contributed by atoms with E-state index < -0.39 is 6.10 Å². The number of rotatable bonds is 9. The van der Waals surface area contributed by atoms with Gasteiger partial charge < -0.3 is 10.1 Å². The highest BCUT2D eigenvalue weighted by Gasteiger charge is 2.23. The van der Waals surface area contributed by atoms with Gasteiger partial charge in [-0.25, -0.2) is 4.98 Å². The van der Waals surface area contributed by atoms with Crippen LogP contribution < -0.4 is 5.56 Å². The van der Waals surface area contributed by atoms with Crippen LogP contribution in [0.2, 0.25) is 0 Å². The van der Waals surface area contributed by atoms with E-state index in [-0.39, 0.29) is 5.56 Å². The van der Waals surface area contributed by atoms with Crippen molar-refractivity contribution in [3.8, 4) is 0 Å². The van der Waals surface area contributed by atoms with Crippen molar-refractivity contribution in [3.63, 3.8) is 0 Å².